The maximum absolute atomic E-state index is 3.15. The molecule has 0 spiro atoms. The van der Waals surface area contributed by atoms with Crippen LogP contribution in [0.2, 0.25) is 0 Å². The first-order chi connectivity index (χ1) is 4.30. The van der Waals surface area contributed by atoms with Gasteiger partial charge >= 0.3 is 0 Å². The van der Waals surface area contributed by atoms with Crippen molar-refractivity contribution in [1.82, 2.24) is 15.8 Å². The van der Waals surface area contributed by atoms with Gasteiger partial charge in [-0.25, -0.2) is 5.43 Å². The fraction of sp³-hybridized carbons (Fsp3) is 0.667. The van der Waals surface area contributed by atoms with Crippen molar-refractivity contribution in [1.29, 1.82) is 0 Å². The molecule has 0 aromatic carbocycles. The molecule has 3 heteroatoms. The Bertz CT molecular complexity index is 109. The minimum Gasteiger partial charge on any atom is -0.376 e. The molecule has 0 saturated carbocycles. The van der Waals surface area contributed by atoms with Crippen LogP contribution >= 0.6 is 0 Å². The molecule has 1 aliphatic heterocycles. The molecule has 0 radical (unpaired) electrons. The van der Waals surface area contributed by atoms with Crippen molar-refractivity contribution in [2.24, 2.45) is 0 Å². The van der Waals surface area contributed by atoms with Crippen LogP contribution < -0.4 is 10.7 Å². The first kappa shape index (κ1) is 6.42. The van der Waals surface area contributed by atoms with E-state index in [2.05, 4.69) is 29.6 Å². The van der Waals surface area contributed by atoms with Crippen molar-refractivity contribution < 1.29 is 0 Å². The highest BCUT2D eigenvalue weighted by Crippen LogP contribution is 1.94. The third-order valence-electron chi connectivity index (χ3n) is 1.27. The number of nitrogens with one attached hydrogen (secondary N) is 2. The first-order valence-corrected chi connectivity index (χ1v) is 3.22. The van der Waals surface area contributed by atoms with Gasteiger partial charge in [-0.15, -0.1) is 0 Å². The number of rotatable bonds is 1. The highest BCUT2D eigenvalue weighted by Gasteiger charge is 2.03. The lowest BCUT2D eigenvalue weighted by molar-refractivity contribution is 0.203. The topological polar surface area (TPSA) is 27.3 Å². The monoisotopic (exact) mass is 127 g/mol. The second kappa shape index (κ2) is 2.73. The van der Waals surface area contributed by atoms with E-state index < -0.39 is 0 Å². The molecule has 0 amide bonds. The number of nitrogens with zero attached hydrogens (tertiary/aromatic N) is 1. The summed E-state index contributed by atoms with van der Waals surface area (Å²) < 4.78 is 0. The molecule has 0 atom stereocenters. The van der Waals surface area contributed by atoms with E-state index >= 15 is 0 Å². The highest BCUT2D eigenvalue weighted by molar-refractivity contribution is 4.83. The Morgan fingerprint density at radius 3 is 2.67 bits per heavy atom. The summed E-state index contributed by atoms with van der Waals surface area (Å²) in [6.07, 6.45) is 3.94. The van der Waals surface area contributed by atoms with Gasteiger partial charge in [0.25, 0.3) is 0 Å². The standard InChI is InChI=1S/C6H13N3/c1-6(2)9-4-3-7-5-8-9/h3-4,6-8H,5H2,1-2H3. The SMILES string of the molecule is CC(C)N1C=CNCN1. The van der Waals surface area contributed by atoms with Gasteiger partial charge in [0.15, 0.2) is 0 Å². The molecule has 0 aromatic heterocycles. The molecule has 1 heterocycles. The molecular formula is C6H13N3. The third-order valence-corrected chi connectivity index (χ3v) is 1.27. The lowest BCUT2D eigenvalue weighted by Crippen LogP contribution is -2.45. The van der Waals surface area contributed by atoms with Gasteiger partial charge in [-0.1, -0.05) is 0 Å². The fourth-order valence-corrected chi connectivity index (χ4v) is 0.736. The van der Waals surface area contributed by atoms with Crippen LogP contribution in [0.1, 0.15) is 13.8 Å². The van der Waals surface area contributed by atoms with Crippen LogP contribution in [-0.2, 0) is 0 Å². The molecule has 3 nitrogen and oxygen atoms in total. The van der Waals surface area contributed by atoms with Crippen molar-refractivity contribution in [3.05, 3.63) is 12.4 Å². The van der Waals surface area contributed by atoms with Gasteiger partial charge in [-0.05, 0) is 13.8 Å². The summed E-state index contributed by atoms with van der Waals surface area (Å²) in [6, 6.07) is 0.531. The Balaban J connectivity index is 2.40. The summed E-state index contributed by atoms with van der Waals surface area (Å²) in [4.78, 5) is 0. The molecule has 52 valence electrons. The number of hydrogen-bond donors (Lipinski definition) is 2. The van der Waals surface area contributed by atoms with Crippen molar-refractivity contribution >= 4 is 0 Å². The van der Waals surface area contributed by atoms with E-state index in [-0.39, 0.29) is 0 Å². The van der Waals surface area contributed by atoms with Crippen molar-refractivity contribution in [3.63, 3.8) is 0 Å². The molecule has 2 N–H and O–H groups in total. The van der Waals surface area contributed by atoms with Crippen LogP contribution in [0.3, 0.4) is 0 Å². The minimum atomic E-state index is 0.531. The molecule has 0 aliphatic carbocycles. The number of hydrogen-bond acceptors (Lipinski definition) is 3. The molecule has 0 bridgehead atoms. The summed E-state index contributed by atoms with van der Waals surface area (Å²) in [5.74, 6) is 0. The summed E-state index contributed by atoms with van der Waals surface area (Å²) in [5, 5.41) is 5.10. The summed E-state index contributed by atoms with van der Waals surface area (Å²) in [7, 11) is 0. The smallest absolute Gasteiger partial charge is 0.0825 e. The normalized spacial score (nSPS) is 18.3. The molecule has 0 aromatic rings. The van der Waals surface area contributed by atoms with Crippen molar-refractivity contribution in [2.45, 2.75) is 19.9 Å². The largest absolute Gasteiger partial charge is 0.376 e. The maximum Gasteiger partial charge on any atom is 0.0825 e. The Morgan fingerprint density at radius 1 is 1.56 bits per heavy atom. The maximum atomic E-state index is 3.15. The Morgan fingerprint density at radius 2 is 2.33 bits per heavy atom. The summed E-state index contributed by atoms with van der Waals surface area (Å²) in [6.45, 7) is 5.11. The predicted octanol–water partition coefficient (Wildman–Crippen LogP) is 0.233. The quantitative estimate of drug-likeness (QED) is 0.528. The van der Waals surface area contributed by atoms with E-state index in [0.717, 1.165) is 6.67 Å². The summed E-state index contributed by atoms with van der Waals surface area (Å²) >= 11 is 0. The van der Waals surface area contributed by atoms with Crippen LogP contribution in [0.25, 0.3) is 0 Å². The van der Waals surface area contributed by atoms with Crippen LogP contribution in [0.4, 0.5) is 0 Å². The van der Waals surface area contributed by atoms with Gasteiger partial charge in [0, 0.05) is 18.4 Å². The Labute approximate surface area is 55.7 Å². The van der Waals surface area contributed by atoms with Gasteiger partial charge in [0.1, 0.15) is 0 Å². The van der Waals surface area contributed by atoms with E-state index in [0.29, 0.717) is 6.04 Å². The lowest BCUT2D eigenvalue weighted by Gasteiger charge is -2.28. The molecule has 1 rings (SSSR count). The zero-order valence-corrected chi connectivity index (χ0v) is 5.89. The van der Waals surface area contributed by atoms with Gasteiger partial charge in [-0.3, -0.25) is 0 Å². The van der Waals surface area contributed by atoms with Gasteiger partial charge in [-0.2, -0.15) is 0 Å². The Kier molecular flexibility index (Phi) is 1.95. The molecule has 1 aliphatic rings. The molecule has 9 heavy (non-hydrogen) atoms. The Hall–Kier alpha value is -0.700. The van der Waals surface area contributed by atoms with Gasteiger partial charge in [0.2, 0.25) is 0 Å². The van der Waals surface area contributed by atoms with E-state index in [4.69, 9.17) is 0 Å². The molecule has 0 fully saturated rings. The zero-order chi connectivity index (χ0) is 6.69. The van der Waals surface area contributed by atoms with Crippen LogP contribution in [0, 0.1) is 0 Å². The van der Waals surface area contributed by atoms with E-state index in [1.165, 1.54) is 0 Å². The van der Waals surface area contributed by atoms with E-state index in [1.807, 2.05) is 12.4 Å². The predicted molar refractivity (Wildman–Crippen MR) is 37.3 cm³/mol. The van der Waals surface area contributed by atoms with Crippen LogP contribution in [0.15, 0.2) is 12.4 Å². The molecular weight excluding hydrogens is 114 g/mol. The second-order valence-corrected chi connectivity index (χ2v) is 2.36. The molecule has 0 saturated heterocycles. The highest BCUT2D eigenvalue weighted by atomic mass is 15.5. The average molecular weight is 127 g/mol. The lowest BCUT2D eigenvalue weighted by atomic mass is 10.4. The average Bonchev–Trinajstić information content (AvgIpc) is 1.90. The van der Waals surface area contributed by atoms with Crippen LogP contribution in [0.5, 0.6) is 0 Å². The van der Waals surface area contributed by atoms with E-state index in [9.17, 15) is 0 Å². The second-order valence-electron chi connectivity index (χ2n) is 2.36. The minimum absolute atomic E-state index is 0.531. The van der Waals surface area contributed by atoms with Gasteiger partial charge in [0.05, 0.1) is 6.67 Å². The summed E-state index contributed by atoms with van der Waals surface area (Å²) in [5.41, 5.74) is 3.15. The van der Waals surface area contributed by atoms with Crippen molar-refractivity contribution in [3.8, 4) is 0 Å². The van der Waals surface area contributed by atoms with E-state index in [1.54, 1.807) is 0 Å². The third kappa shape index (κ3) is 1.61. The number of hydrazine groups is 1. The fourth-order valence-electron chi connectivity index (χ4n) is 0.736. The van der Waals surface area contributed by atoms with Crippen molar-refractivity contribution in [2.75, 3.05) is 6.67 Å². The van der Waals surface area contributed by atoms with Gasteiger partial charge < -0.3 is 10.3 Å². The molecule has 0 unspecified atom stereocenters. The zero-order valence-electron chi connectivity index (χ0n) is 5.89. The first-order valence-electron chi connectivity index (χ1n) is 3.22. The van der Waals surface area contributed by atoms with Crippen LogP contribution in [-0.4, -0.2) is 17.7 Å².